The van der Waals surface area contributed by atoms with Crippen LogP contribution in [0.1, 0.15) is 30.1 Å². The summed E-state index contributed by atoms with van der Waals surface area (Å²) < 4.78 is 28.0. The lowest BCUT2D eigenvalue weighted by molar-refractivity contribution is 0.300. The average molecular weight is 370 g/mol. The summed E-state index contributed by atoms with van der Waals surface area (Å²) in [4.78, 5) is 8.34. The summed E-state index contributed by atoms with van der Waals surface area (Å²) in [6.07, 6.45) is 5.36. The third-order valence-corrected chi connectivity index (χ3v) is 7.43. The van der Waals surface area contributed by atoms with Gasteiger partial charge in [0.2, 0.25) is 10.0 Å². The number of nitrogens with zero attached hydrogens (tertiary/aromatic N) is 3. The maximum atomic E-state index is 13.2. The molecule has 0 N–H and O–H groups in total. The predicted octanol–water partition coefficient (Wildman–Crippen LogP) is 3.23. The molecule has 0 spiro atoms. The SMILES string of the molecule is O=S(=O)(c1c(Cl)cccc1Cl)N1C2CCC1c1cncnc1C2. The molecule has 120 valence electrons. The van der Waals surface area contributed by atoms with Gasteiger partial charge in [0.1, 0.15) is 11.2 Å². The van der Waals surface area contributed by atoms with Crippen LogP contribution in [0.25, 0.3) is 0 Å². The number of hydrogen-bond acceptors (Lipinski definition) is 4. The molecule has 0 radical (unpaired) electrons. The van der Waals surface area contributed by atoms with Crippen LogP contribution in [0, 0.1) is 0 Å². The van der Waals surface area contributed by atoms with E-state index >= 15 is 0 Å². The highest BCUT2D eigenvalue weighted by Gasteiger charge is 2.48. The number of benzene rings is 1. The van der Waals surface area contributed by atoms with Gasteiger partial charge in [-0.05, 0) is 25.0 Å². The van der Waals surface area contributed by atoms with Gasteiger partial charge in [-0.15, -0.1) is 0 Å². The predicted molar refractivity (Wildman–Crippen MR) is 87.0 cm³/mol. The Kier molecular flexibility index (Phi) is 3.61. The van der Waals surface area contributed by atoms with Gasteiger partial charge in [0.25, 0.3) is 0 Å². The van der Waals surface area contributed by atoms with Crippen LogP contribution >= 0.6 is 23.2 Å². The van der Waals surface area contributed by atoms with Gasteiger partial charge in [0.15, 0.2) is 0 Å². The van der Waals surface area contributed by atoms with E-state index in [1.54, 1.807) is 28.7 Å². The Morgan fingerprint density at radius 3 is 2.65 bits per heavy atom. The maximum Gasteiger partial charge on any atom is 0.246 e. The van der Waals surface area contributed by atoms with Gasteiger partial charge < -0.3 is 0 Å². The molecule has 2 atom stereocenters. The quantitative estimate of drug-likeness (QED) is 0.814. The van der Waals surface area contributed by atoms with Gasteiger partial charge in [0, 0.05) is 24.2 Å². The van der Waals surface area contributed by atoms with Gasteiger partial charge in [0.05, 0.1) is 21.8 Å². The first-order valence-electron chi connectivity index (χ1n) is 7.26. The minimum Gasteiger partial charge on any atom is -0.244 e. The standard InChI is InChI=1S/C15H13Cl2N3O2S/c16-11-2-1-3-12(17)15(11)23(21,22)20-9-4-5-14(20)10-7-18-8-19-13(10)6-9/h1-3,7-9,14H,4-6H2. The fourth-order valence-corrected chi connectivity index (χ4v) is 6.53. The molecule has 1 saturated heterocycles. The van der Waals surface area contributed by atoms with E-state index in [0.29, 0.717) is 6.42 Å². The van der Waals surface area contributed by atoms with E-state index in [9.17, 15) is 8.42 Å². The minimum absolute atomic E-state index is 0.0134. The van der Waals surface area contributed by atoms with E-state index in [1.165, 1.54) is 6.33 Å². The van der Waals surface area contributed by atoms with E-state index in [1.807, 2.05) is 0 Å². The Bertz CT molecular complexity index is 868. The van der Waals surface area contributed by atoms with Crippen LogP contribution in [0.15, 0.2) is 35.6 Å². The summed E-state index contributed by atoms with van der Waals surface area (Å²) in [6.45, 7) is 0. The molecule has 2 bridgehead atoms. The molecule has 23 heavy (non-hydrogen) atoms. The molecule has 2 aliphatic heterocycles. The van der Waals surface area contributed by atoms with Gasteiger partial charge in [-0.2, -0.15) is 4.31 Å². The molecule has 2 aromatic rings. The Hall–Kier alpha value is -1.21. The Morgan fingerprint density at radius 2 is 1.91 bits per heavy atom. The Balaban J connectivity index is 1.86. The molecule has 0 saturated carbocycles. The number of fused-ring (bicyclic) bond motifs is 4. The summed E-state index contributed by atoms with van der Waals surface area (Å²) in [7, 11) is -3.79. The van der Waals surface area contributed by atoms with Crippen molar-refractivity contribution in [1.29, 1.82) is 0 Å². The third kappa shape index (κ3) is 2.28. The Morgan fingerprint density at radius 1 is 1.17 bits per heavy atom. The molecule has 1 fully saturated rings. The van der Waals surface area contributed by atoms with Crippen molar-refractivity contribution >= 4 is 33.2 Å². The fourth-order valence-electron chi connectivity index (χ4n) is 3.58. The van der Waals surface area contributed by atoms with Crippen molar-refractivity contribution in [3.05, 3.63) is 52.0 Å². The molecular weight excluding hydrogens is 357 g/mol. The zero-order chi connectivity index (χ0) is 16.2. The van der Waals surface area contributed by atoms with Gasteiger partial charge >= 0.3 is 0 Å². The summed E-state index contributed by atoms with van der Waals surface area (Å²) in [5.74, 6) is 0. The van der Waals surface area contributed by atoms with Crippen LogP contribution in [0.4, 0.5) is 0 Å². The van der Waals surface area contributed by atoms with Crippen molar-refractivity contribution in [3.63, 3.8) is 0 Å². The van der Waals surface area contributed by atoms with E-state index in [4.69, 9.17) is 23.2 Å². The first kappa shape index (κ1) is 15.3. The summed E-state index contributed by atoms with van der Waals surface area (Å²) in [5.41, 5.74) is 1.82. The highest BCUT2D eigenvalue weighted by Crippen LogP contribution is 2.47. The van der Waals surface area contributed by atoms with Crippen LogP contribution in [-0.4, -0.2) is 28.7 Å². The second-order valence-corrected chi connectivity index (χ2v) is 8.36. The number of hydrogen-bond donors (Lipinski definition) is 0. The van der Waals surface area contributed by atoms with Crippen molar-refractivity contribution in [2.75, 3.05) is 0 Å². The van der Waals surface area contributed by atoms with E-state index in [-0.39, 0.29) is 27.0 Å². The van der Waals surface area contributed by atoms with Crippen molar-refractivity contribution in [1.82, 2.24) is 14.3 Å². The first-order valence-corrected chi connectivity index (χ1v) is 9.46. The van der Waals surface area contributed by atoms with Crippen LogP contribution in [0.5, 0.6) is 0 Å². The van der Waals surface area contributed by atoms with Crippen molar-refractivity contribution < 1.29 is 8.42 Å². The monoisotopic (exact) mass is 369 g/mol. The minimum atomic E-state index is -3.79. The first-order chi connectivity index (χ1) is 11.0. The Labute approximate surface area is 144 Å². The van der Waals surface area contributed by atoms with E-state index < -0.39 is 10.0 Å². The van der Waals surface area contributed by atoms with Crippen LogP contribution in [-0.2, 0) is 16.4 Å². The molecule has 0 amide bonds. The van der Waals surface area contributed by atoms with Crippen molar-refractivity contribution in [3.8, 4) is 0 Å². The average Bonchev–Trinajstić information content (AvgIpc) is 2.84. The van der Waals surface area contributed by atoms with Crippen LogP contribution in [0.3, 0.4) is 0 Å². The van der Waals surface area contributed by atoms with Crippen LogP contribution < -0.4 is 0 Å². The molecule has 5 nitrogen and oxygen atoms in total. The largest absolute Gasteiger partial charge is 0.246 e. The summed E-state index contributed by atoms with van der Waals surface area (Å²) in [5, 5.41) is 0.291. The van der Waals surface area contributed by atoms with Crippen molar-refractivity contribution in [2.45, 2.75) is 36.2 Å². The maximum absolute atomic E-state index is 13.2. The molecule has 2 aliphatic rings. The zero-order valence-electron chi connectivity index (χ0n) is 12.0. The lowest BCUT2D eigenvalue weighted by Crippen LogP contribution is -2.42. The molecular formula is C15H13Cl2N3O2S. The smallest absolute Gasteiger partial charge is 0.244 e. The molecule has 3 heterocycles. The van der Waals surface area contributed by atoms with Gasteiger partial charge in [-0.3, -0.25) is 0 Å². The molecule has 0 aliphatic carbocycles. The van der Waals surface area contributed by atoms with Gasteiger partial charge in [-0.25, -0.2) is 18.4 Å². The molecule has 2 unspecified atom stereocenters. The number of halogens is 2. The van der Waals surface area contributed by atoms with Crippen molar-refractivity contribution in [2.24, 2.45) is 0 Å². The topological polar surface area (TPSA) is 63.2 Å². The molecule has 4 rings (SSSR count). The lowest BCUT2D eigenvalue weighted by atomic mass is 10.0. The summed E-state index contributed by atoms with van der Waals surface area (Å²) in [6, 6.07) is 4.37. The number of aromatic nitrogens is 2. The molecule has 1 aromatic heterocycles. The highest BCUT2D eigenvalue weighted by molar-refractivity contribution is 7.89. The van der Waals surface area contributed by atoms with Crippen LogP contribution in [0.2, 0.25) is 10.0 Å². The zero-order valence-corrected chi connectivity index (χ0v) is 14.3. The lowest BCUT2D eigenvalue weighted by Gasteiger charge is -2.34. The second kappa shape index (κ2) is 5.41. The molecule has 1 aromatic carbocycles. The normalized spacial score (nSPS) is 23.7. The number of rotatable bonds is 2. The molecule has 8 heteroatoms. The fraction of sp³-hybridized carbons (Fsp3) is 0.333. The van der Waals surface area contributed by atoms with Gasteiger partial charge in [-0.1, -0.05) is 29.3 Å². The number of sulfonamides is 1. The highest BCUT2D eigenvalue weighted by atomic mass is 35.5. The third-order valence-electron chi connectivity index (χ3n) is 4.51. The second-order valence-electron chi connectivity index (χ2n) is 5.76. The van der Waals surface area contributed by atoms with E-state index in [0.717, 1.165) is 24.1 Å². The summed E-state index contributed by atoms with van der Waals surface area (Å²) >= 11 is 12.3. The van der Waals surface area contributed by atoms with E-state index in [2.05, 4.69) is 9.97 Å².